The molecule has 1 N–H and O–H groups in total. The molecule has 0 saturated heterocycles. The first kappa shape index (κ1) is 9.92. The Morgan fingerprint density at radius 1 is 1.62 bits per heavy atom. The first-order valence-corrected chi connectivity index (χ1v) is 4.16. The summed E-state index contributed by atoms with van der Waals surface area (Å²) in [6.07, 6.45) is 0.00438. The summed E-state index contributed by atoms with van der Waals surface area (Å²) in [5.74, 6) is -0.254. The molecule has 13 heavy (non-hydrogen) atoms. The predicted octanol–water partition coefficient (Wildman–Crippen LogP) is 1.61. The molecule has 0 heterocycles. The summed E-state index contributed by atoms with van der Waals surface area (Å²) < 4.78 is 5.00. The fraction of sp³-hybridized carbons (Fsp3) is 0.222. The van der Waals surface area contributed by atoms with Gasteiger partial charge in [-0.3, -0.25) is 4.79 Å². The standard InChI is InChI=1S/C9H10O3S/c1-12-7-4-6(5-9(10)11)2-3-8(7)13/h2-4,13H,5H2,1H3,(H,10,11). The van der Waals surface area contributed by atoms with Crippen molar-refractivity contribution in [2.45, 2.75) is 11.3 Å². The molecule has 0 aliphatic heterocycles. The highest BCUT2D eigenvalue weighted by Crippen LogP contribution is 2.23. The number of rotatable bonds is 3. The third-order valence-electron chi connectivity index (χ3n) is 1.60. The molecule has 0 bridgehead atoms. The molecule has 0 saturated carbocycles. The molecular weight excluding hydrogens is 188 g/mol. The van der Waals surface area contributed by atoms with Crippen molar-refractivity contribution < 1.29 is 14.6 Å². The van der Waals surface area contributed by atoms with Gasteiger partial charge in [-0.15, -0.1) is 12.6 Å². The van der Waals surface area contributed by atoms with Gasteiger partial charge in [-0.05, 0) is 17.7 Å². The monoisotopic (exact) mass is 198 g/mol. The Morgan fingerprint density at radius 2 is 2.31 bits per heavy atom. The zero-order valence-corrected chi connectivity index (χ0v) is 8.04. The average Bonchev–Trinajstić information content (AvgIpc) is 2.07. The van der Waals surface area contributed by atoms with Gasteiger partial charge in [-0.2, -0.15) is 0 Å². The minimum atomic E-state index is -0.853. The first-order valence-electron chi connectivity index (χ1n) is 3.71. The lowest BCUT2D eigenvalue weighted by molar-refractivity contribution is -0.136. The number of benzene rings is 1. The second kappa shape index (κ2) is 4.18. The van der Waals surface area contributed by atoms with Crippen LogP contribution in [-0.4, -0.2) is 18.2 Å². The van der Waals surface area contributed by atoms with Gasteiger partial charge in [0.1, 0.15) is 5.75 Å². The molecule has 0 unspecified atom stereocenters. The van der Waals surface area contributed by atoms with Crippen LogP contribution in [0.1, 0.15) is 5.56 Å². The lowest BCUT2D eigenvalue weighted by Crippen LogP contribution is -2.00. The molecule has 0 aliphatic carbocycles. The van der Waals surface area contributed by atoms with Gasteiger partial charge >= 0.3 is 5.97 Å². The molecule has 0 aliphatic rings. The van der Waals surface area contributed by atoms with Crippen LogP contribution in [0.3, 0.4) is 0 Å². The van der Waals surface area contributed by atoms with Crippen LogP contribution in [0.15, 0.2) is 23.1 Å². The molecule has 0 aromatic heterocycles. The van der Waals surface area contributed by atoms with Crippen molar-refractivity contribution in [3.8, 4) is 5.75 Å². The van der Waals surface area contributed by atoms with E-state index < -0.39 is 5.97 Å². The maximum absolute atomic E-state index is 10.4. The molecule has 3 nitrogen and oxygen atoms in total. The van der Waals surface area contributed by atoms with Gasteiger partial charge in [-0.1, -0.05) is 6.07 Å². The van der Waals surface area contributed by atoms with E-state index in [4.69, 9.17) is 9.84 Å². The van der Waals surface area contributed by atoms with Gasteiger partial charge in [0.15, 0.2) is 0 Å². The number of carbonyl (C=O) groups is 1. The minimum absolute atomic E-state index is 0.00438. The second-order valence-electron chi connectivity index (χ2n) is 2.58. The predicted molar refractivity (Wildman–Crippen MR) is 51.6 cm³/mol. The van der Waals surface area contributed by atoms with E-state index in [0.717, 1.165) is 0 Å². The largest absolute Gasteiger partial charge is 0.496 e. The third kappa shape index (κ3) is 2.66. The maximum atomic E-state index is 10.4. The normalized spacial score (nSPS) is 9.69. The second-order valence-corrected chi connectivity index (χ2v) is 3.06. The molecule has 0 amide bonds. The van der Waals surface area contributed by atoms with Crippen LogP contribution in [0, 0.1) is 0 Å². The van der Waals surface area contributed by atoms with Crippen LogP contribution in [0.25, 0.3) is 0 Å². The Kier molecular flexibility index (Phi) is 3.19. The van der Waals surface area contributed by atoms with E-state index in [1.54, 1.807) is 18.2 Å². The van der Waals surface area contributed by atoms with Crippen LogP contribution in [-0.2, 0) is 11.2 Å². The van der Waals surface area contributed by atoms with Gasteiger partial charge in [0, 0.05) is 4.90 Å². The molecule has 1 rings (SSSR count). The summed E-state index contributed by atoms with van der Waals surface area (Å²) >= 11 is 4.14. The van der Waals surface area contributed by atoms with Gasteiger partial charge in [-0.25, -0.2) is 0 Å². The molecule has 1 aromatic carbocycles. The topological polar surface area (TPSA) is 46.5 Å². The van der Waals surface area contributed by atoms with E-state index in [1.807, 2.05) is 0 Å². The van der Waals surface area contributed by atoms with Crippen molar-refractivity contribution in [1.82, 2.24) is 0 Å². The number of methoxy groups -OCH3 is 1. The lowest BCUT2D eigenvalue weighted by Gasteiger charge is -2.05. The number of carboxylic acid groups (broad SMARTS) is 1. The van der Waals surface area contributed by atoms with E-state index >= 15 is 0 Å². The van der Waals surface area contributed by atoms with Crippen molar-refractivity contribution in [3.63, 3.8) is 0 Å². The fourth-order valence-electron chi connectivity index (χ4n) is 1.01. The van der Waals surface area contributed by atoms with Gasteiger partial charge in [0.2, 0.25) is 0 Å². The number of ether oxygens (including phenoxy) is 1. The zero-order valence-electron chi connectivity index (χ0n) is 7.15. The first-order chi connectivity index (χ1) is 6.13. The Balaban J connectivity index is 2.92. The number of carboxylic acids is 1. The lowest BCUT2D eigenvalue weighted by atomic mass is 10.1. The quantitative estimate of drug-likeness (QED) is 0.725. The van der Waals surface area contributed by atoms with Crippen LogP contribution < -0.4 is 4.74 Å². The number of hydrogen-bond donors (Lipinski definition) is 2. The number of hydrogen-bond acceptors (Lipinski definition) is 3. The summed E-state index contributed by atoms with van der Waals surface area (Å²) in [4.78, 5) is 11.1. The molecule has 0 spiro atoms. The molecular formula is C9H10O3S. The van der Waals surface area contributed by atoms with Crippen molar-refractivity contribution in [2.75, 3.05) is 7.11 Å². The van der Waals surface area contributed by atoms with E-state index in [0.29, 0.717) is 16.2 Å². The molecule has 0 atom stereocenters. The summed E-state index contributed by atoms with van der Waals surface area (Å²) in [6, 6.07) is 5.12. The highest BCUT2D eigenvalue weighted by molar-refractivity contribution is 7.80. The minimum Gasteiger partial charge on any atom is -0.496 e. The molecule has 1 aromatic rings. The van der Waals surface area contributed by atoms with Crippen molar-refractivity contribution in [2.24, 2.45) is 0 Å². The highest BCUT2D eigenvalue weighted by atomic mass is 32.1. The molecule has 4 heteroatoms. The van der Waals surface area contributed by atoms with Crippen LogP contribution in [0.4, 0.5) is 0 Å². The third-order valence-corrected chi connectivity index (χ3v) is 1.97. The van der Waals surface area contributed by atoms with Gasteiger partial charge in [0.05, 0.1) is 13.5 Å². The van der Waals surface area contributed by atoms with Crippen LogP contribution in [0.5, 0.6) is 5.75 Å². The Morgan fingerprint density at radius 3 is 2.85 bits per heavy atom. The van der Waals surface area contributed by atoms with Crippen molar-refractivity contribution >= 4 is 18.6 Å². The molecule has 0 fully saturated rings. The van der Waals surface area contributed by atoms with Crippen molar-refractivity contribution in [3.05, 3.63) is 23.8 Å². The van der Waals surface area contributed by atoms with Crippen LogP contribution >= 0.6 is 12.6 Å². The SMILES string of the molecule is COc1cc(CC(=O)O)ccc1S. The Labute approximate surface area is 81.8 Å². The van der Waals surface area contributed by atoms with Gasteiger partial charge in [0.25, 0.3) is 0 Å². The zero-order chi connectivity index (χ0) is 9.84. The maximum Gasteiger partial charge on any atom is 0.307 e. The number of thiol groups is 1. The van der Waals surface area contributed by atoms with E-state index in [-0.39, 0.29) is 6.42 Å². The molecule has 70 valence electrons. The van der Waals surface area contributed by atoms with E-state index in [9.17, 15) is 4.79 Å². The summed E-state index contributed by atoms with van der Waals surface area (Å²) in [5, 5.41) is 8.54. The molecule has 0 radical (unpaired) electrons. The highest BCUT2D eigenvalue weighted by Gasteiger charge is 2.04. The smallest absolute Gasteiger partial charge is 0.307 e. The summed E-state index contributed by atoms with van der Waals surface area (Å²) in [7, 11) is 1.53. The fourth-order valence-corrected chi connectivity index (χ4v) is 1.24. The van der Waals surface area contributed by atoms with Crippen LogP contribution in [0.2, 0.25) is 0 Å². The number of aliphatic carboxylic acids is 1. The summed E-state index contributed by atoms with van der Waals surface area (Å²) in [6.45, 7) is 0. The van der Waals surface area contributed by atoms with E-state index in [1.165, 1.54) is 7.11 Å². The Hall–Kier alpha value is -1.16. The van der Waals surface area contributed by atoms with E-state index in [2.05, 4.69) is 12.6 Å². The summed E-state index contributed by atoms with van der Waals surface area (Å²) in [5.41, 5.74) is 0.710. The van der Waals surface area contributed by atoms with Crippen molar-refractivity contribution in [1.29, 1.82) is 0 Å². The Bertz CT molecular complexity index is 323. The van der Waals surface area contributed by atoms with Gasteiger partial charge < -0.3 is 9.84 Å². The average molecular weight is 198 g/mol.